The first-order chi connectivity index (χ1) is 13.1. The topological polar surface area (TPSA) is 58.6 Å². The van der Waals surface area contributed by atoms with E-state index in [1.54, 1.807) is 24.3 Å². The van der Waals surface area contributed by atoms with Crippen LogP contribution >= 0.6 is 11.6 Å². The zero-order valence-electron chi connectivity index (χ0n) is 14.6. The van der Waals surface area contributed by atoms with E-state index in [0.717, 1.165) is 11.1 Å². The van der Waals surface area contributed by atoms with Gasteiger partial charge in [0, 0.05) is 17.1 Å². The van der Waals surface area contributed by atoms with Gasteiger partial charge in [0.25, 0.3) is 5.91 Å². The Morgan fingerprint density at radius 3 is 2.37 bits per heavy atom. The van der Waals surface area contributed by atoms with Crippen molar-refractivity contribution in [2.45, 2.75) is 6.10 Å². The normalized spacial score (nSPS) is 11.6. The SMILES string of the molecule is O=C(COc1ccccc1-c1ccccc1)NCC(O)c1ccc(Cl)cc1. The lowest BCUT2D eigenvalue weighted by Crippen LogP contribution is -2.32. The molecule has 5 heteroatoms. The molecule has 1 unspecified atom stereocenters. The highest BCUT2D eigenvalue weighted by Crippen LogP contribution is 2.29. The van der Waals surface area contributed by atoms with Crippen molar-refractivity contribution in [3.63, 3.8) is 0 Å². The Morgan fingerprint density at radius 1 is 0.963 bits per heavy atom. The summed E-state index contributed by atoms with van der Waals surface area (Å²) in [4.78, 5) is 12.1. The minimum absolute atomic E-state index is 0.101. The largest absolute Gasteiger partial charge is 0.483 e. The first-order valence-electron chi connectivity index (χ1n) is 8.61. The van der Waals surface area contributed by atoms with E-state index >= 15 is 0 Å². The van der Waals surface area contributed by atoms with E-state index in [4.69, 9.17) is 16.3 Å². The summed E-state index contributed by atoms with van der Waals surface area (Å²) >= 11 is 5.83. The number of hydrogen-bond acceptors (Lipinski definition) is 3. The molecule has 0 saturated carbocycles. The van der Waals surface area contributed by atoms with Gasteiger partial charge in [-0.15, -0.1) is 0 Å². The molecule has 138 valence electrons. The third-order valence-corrected chi connectivity index (χ3v) is 4.33. The van der Waals surface area contributed by atoms with Crippen LogP contribution in [0.4, 0.5) is 0 Å². The maximum atomic E-state index is 12.1. The molecular weight excluding hydrogens is 362 g/mol. The molecule has 0 aliphatic carbocycles. The minimum Gasteiger partial charge on any atom is -0.483 e. The fourth-order valence-electron chi connectivity index (χ4n) is 2.66. The number of aliphatic hydroxyl groups excluding tert-OH is 1. The van der Waals surface area contributed by atoms with Crippen LogP contribution in [-0.4, -0.2) is 24.2 Å². The van der Waals surface area contributed by atoms with E-state index in [1.165, 1.54) is 0 Å². The molecular formula is C22H20ClNO3. The first kappa shape index (κ1) is 19.0. The van der Waals surface area contributed by atoms with Gasteiger partial charge in [-0.05, 0) is 29.3 Å². The van der Waals surface area contributed by atoms with E-state index in [1.807, 2.05) is 54.6 Å². The van der Waals surface area contributed by atoms with Gasteiger partial charge in [0.2, 0.25) is 0 Å². The van der Waals surface area contributed by atoms with Crippen LogP contribution in [0.2, 0.25) is 5.02 Å². The van der Waals surface area contributed by atoms with Crippen LogP contribution < -0.4 is 10.1 Å². The molecule has 0 saturated heterocycles. The number of amides is 1. The summed E-state index contributed by atoms with van der Waals surface area (Å²) in [7, 11) is 0. The van der Waals surface area contributed by atoms with Crippen LogP contribution in [-0.2, 0) is 4.79 Å². The molecule has 3 aromatic carbocycles. The second-order valence-corrected chi connectivity index (χ2v) is 6.46. The van der Waals surface area contributed by atoms with E-state index in [-0.39, 0.29) is 19.1 Å². The summed E-state index contributed by atoms with van der Waals surface area (Å²) < 4.78 is 5.70. The van der Waals surface area contributed by atoms with E-state index in [2.05, 4.69) is 5.32 Å². The van der Waals surface area contributed by atoms with Gasteiger partial charge in [-0.1, -0.05) is 72.3 Å². The lowest BCUT2D eigenvalue weighted by atomic mass is 10.1. The van der Waals surface area contributed by atoms with Gasteiger partial charge in [0.15, 0.2) is 6.61 Å². The number of benzene rings is 3. The third kappa shape index (κ3) is 5.33. The van der Waals surface area contributed by atoms with E-state index < -0.39 is 6.10 Å². The number of halogens is 1. The molecule has 3 aromatic rings. The Morgan fingerprint density at radius 2 is 1.63 bits per heavy atom. The first-order valence-corrected chi connectivity index (χ1v) is 8.99. The van der Waals surface area contributed by atoms with Gasteiger partial charge in [0.05, 0.1) is 6.10 Å². The summed E-state index contributed by atoms with van der Waals surface area (Å²) in [5.41, 5.74) is 2.63. The average molecular weight is 382 g/mol. The van der Waals surface area contributed by atoms with Gasteiger partial charge in [-0.3, -0.25) is 4.79 Å². The van der Waals surface area contributed by atoms with Gasteiger partial charge >= 0.3 is 0 Å². The van der Waals surface area contributed by atoms with Gasteiger partial charge in [-0.25, -0.2) is 0 Å². The highest BCUT2D eigenvalue weighted by Gasteiger charge is 2.11. The number of hydrogen-bond donors (Lipinski definition) is 2. The molecule has 27 heavy (non-hydrogen) atoms. The van der Waals surface area contributed by atoms with Gasteiger partial charge < -0.3 is 15.2 Å². The number of carbonyl (C=O) groups excluding carboxylic acids is 1. The molecule has 1 atom stereocenters. The lowest BCUT2D eigenvalue weighted by Gasteiger charge is -2.14. The third-order valence-electron chi connectivity index (χ3n) is 4.08. The molecule has 0 spiro atoms. The van der Waals surface area contributed by atoms with Crippen molar-refractivity contribution in [2.24, 2.45) is 0 Å². The Hall–Kier alpha value is -2.82. The van der Waals surface area contributed by atoms with Crippen molar-refractivity contribution < 1.29 is 14.6 Å². The number of carbonyl (C=O) groups is 1. The van der Waals surface area contributed by atoms with Crippen molar-refractivity contribution in [2.75, 3.05) is 13.2 Å². The van der Waals surface area contributed by atoms with E-state index in [9.17, 15) is 9.90 Å². The van der Waals surface area contributed by atoms with Crippen LogP contribution in [0.15, 0.2) is 78.9 Å². The van der Waals surface area contributed by atoms with Crippen molar-refractivity contribution in [1.29, 1.82) is 0 Å². The van der Waals surface area contributed by atoms with Crippen LogP contribution in [0.5, 0.6) is 5.75 Å². The zero-order valence-corrected chi connectivity index (χ0v) is 15.4. The molecule has 2 N–H and O–H groups in total. The molecule has 0 fully saturated rings. The zero-order chi connectivity index (χ0) is 19.1. The van der Waals surface area contributed by atoms with Crippen LogP contribution in [0.1, 0.15) is 11.7 Å². The van der Waals surface area contributed by atoms with Crippen LogP contribution in [0, 0.1) is 0 Å². The average Bonchev–Trinajstić information content (AvgIpc) is 2.72. The van der Waals surface area contributed by atoms with E-state index in [0.29, 0.717) is 16.3 Å². The van der Waals surface area contributed by atoms with Crippen molar-refractivity contribution >= 4 is 17.5 Å². The predicted octanol–water partition coefficient (Wildman–Crippen LogP) is 4.24. The Balaban J connectivity index is 1.55. The molecule has 3 rings (SSSR count). The summed E-state index contributed by atoms with van der Waals surface area (Å²) in [5, 5.41) is 13.4. The molecule has 0 aromatic heterocycles. The summed E-state index contributed by atoms with van der Waals surface area (Å²) in [6.07, 6.45) is -0.803. The number of ether oxygens (including phenoxy) is 1. The van der Waals surface area contributed by atoms with Crippen molar-refractivity contribution in [1.82, 2.24) is 5.32 Å². The number of nitrogens with one attached hydrogen (secondary N) is 1. The van der Waals surface area contributed by atoms with Gasteiger partial charge in [0.1, 0.15) is 5.75 Å². The smallest absolute Gasteiger partial charge is 0.258 e. The highest BCUT2D eigenvalue weighted by molar-refractivity contribution is 6.30. The fourth-order valence-corrected chi connectivity index (χ4v) is 2.78. The molecule has 1 amide bonds. The van der Waals surface area contributed by atoms with Crippen molar-refractivity contribution in [3.8, 4) is 16.9 Å². The lowest BCUT2D eigenvalue weighted by molar-refractivity contribution is -0.123. The monoisotopic (exact) mass is 381 g/mol. The Kier molecular flexibility index (Phi) is 6.47. The number of aliphatic hydroxyl groups is 1. The maximum absolute atomic E-state index is 12.1. The van der Waals surface area contributed by atoms with Gasteiger partial charge in [-0.2, -0.15) is 0 Å². The molecule has 4 nitrogen and oxygen atoms in total. The molecule has 0 aliphatic heterocycles. The Bertz CT molecular complexity index is 882. The second kappa shape index (κ2) is 9.21. The molecule has 0 bridgehead atoms. The summed E-state index contributed by atoms with van der Waals surface area (Å²) in [5.74, 6) is 0.336. The number of para-hydroxylation sites is 1. The second-order valence-electron chi connectivity index (χ2n) is 6.02. The maximum Gasteiger partial charge on any atom is 0.258 e. The van der Waals surface area contributed by atoms with Crippen LogP contribution in [0.25, 0.3) is 11.1 Å². The Labute approximate surface area is 163 Å². The fraction of sp³-hybridized carbons (Fsp3) is 0.136. The van der Waals surface area contributed by atoms with Crippen LogP contribution in [0.3, 0.4) is 0 Å². The summed E-state index contributed by atoms with van der Waals surface area (Å²) in [6, 6.07) is 24.3. The summed E-state index contributed by atoms with van der Waals surface area (Å²) in [6.45, 7) is -0.0264. The molecule has 0 radical (unpaired) electrons. The molecule has 0 aliphatic rings. The molecule has 0 heterocycles. The standard InChI is InChI=1S/C22H20ClNO3/c23-18-12-10-17(11-13-18)20(25)14-24-22(26)15-27-21-9-5-4-8-19(21)16-6-2-1-3-7-16/h1-13,20,25H,14-15H2,(H,24,26). The number of rotatable bonds is 7. The van der Waals surface area contributed by atoms with Crippen molar-refractivity contribution in [3.05, 3.63) is 89.4 Å². The highest BCUT2D eigenvalue weighted by atomic mass is 35.5. The quantitative estimate of drug-likeness (QED) is 0.643. The minimum atomic E-state index is -0.803. The predicted molar refractivity (Wildman–Crippen MR) is 107 cm³/mol.